The van der Waals surface area contributed by atoms with Crippen molar-refractivity contribution in [1.29, 1.82) is 0 Å². The van der Waals surface area contributed by atoms with Crippen LogP contribution in [0, 0.1) is 0 Å². The second-order valence-electron chi connectivity index (χ2n) is 11.9. The normalized spacial score (nSPS) is 24.9. The number of ether oxygens (including phenoxy) is 1. The predicted molar refractivity (Wildman–Crippen MR) is 142 cm³/mol. The first-order valence-corrected chi connectivity index (χ1v) is 13.2. The van der Waals surface area contributed by atoms with Gasteiger partial charge in [0, 0.05) is 30.8 Å². The van der Waals surface area contributed by atoms with Gasteiger partial charge in [-0.25, -0.2) is 4.79 Å². The van der Waals surface area contributed by atoms with E-state index in [-0.39, 0.29) is 29.5 Å². The maximum Gasteiger partial charge on any atom is 0.410 e. The zero-order valence-corrected chi connectivity index (χ0v) is 21.4. The molecule has 2 aliphatic heterocycles. The van der Waals surface area contributed by atoms with Crippen LogP contribution in [0.2, 0.25) is 0 Å². The quantitative estimate of drug-likeness (QED) is 0.450. The number of amides is 1. The monoisotopic (exact) mass is 481 g/mol. The number of piperidine rings is 1. The Morgan fingerprint density at radius 3 is 2.08 bits per heavy atom. The molecule has 3 aromatic carbocycles. The molecule has 36 heavy (non-hydrogen) atoms. The number of carbonyl (C=O) groups is 1. The number of nitrogens with zero attached hydrogens (tertiary/aromatic N) is 1. The van der Waals surface area contributed by atoms with Crippen molar-refractivity contribution in [3.8, 4) is 11.1 Å². The van der Waals surface area contributed by atoms with Gasteiger partial charge in [-0.05, 0) is 51.6 Å². The minimum Gasteiger partial charge on any atom is -0.448 e. The molecule has 0 saturated carbocycles. The van der Waals surface area contributed by atoms with E-state index in [1.54, 1.807) is 0 Å². The molecule has 2 fully saturated rings. The summed E-state index contributed by atoms with van der Waals surface area (Å²) in [5.41, 5.74) is 6.21. The van der Waals surface area contributed by atoms with Gasteiger partial charge in [-0.1, -0.05) is 93.6 Å². The van der Waals surface area contributed by atoms with Crippen LogP contribution in [0.3, 0.4) is 0 Å². The predicted octanol–water partition coefficient (Wildman–Crippen LogP) is 6.75. The van der Waals surface area contributed by atoms with E-state index in [1.165, 1.54) is 27.8 Å². The van der Waals surface area contributed by atoms with Gasteiger partial charge in [0.15, 0.2) is 0 Å². The van der Waals surface area contributed by atoms with Crippen molar-refractivity contribution in [3.63, 3.8) is 0 Å². The van der Waals surface area contributed by atoms with Gasteiger partial charge in [0.1, 0.15) is 6.61 Å². The van der Waals surface area contributed by atoms with Gasteiger partial charge in [0.05, 0.1) is 5.60 Å². The van der Waals surface area contributed by atoms with Crippen molar-refractivity contribution in [3.05, 3.63) is 95.1 Å². The van der Waals surface area contributed by atoms with Gasteiger partial charge in [-0.3, -0.25) is 0 Å². The van der Waals surface area contributed by atoms with Gasteiger partial charge >= 0.3 is 6.09 Å². The molecular formula is C32H35NO3. The van der Waals surface area contributed by atoms with E-state index in [0.29, 0.717) is 19.4 Å². The zero-order valence-electron chi connectivity index (χ0n) is 21.4. The Hall–Kier alpha value is -3.11. The molecule has 2 saturated heterocycles. The number of benzene rings is 3. The number of hydrogen-bond acceptors (Lipinski definition) is 3. The summed E-state index contributed by atoms with van der Waals surface area (Å²) < 4.78 is 6.00. The lowest BCUT2D eigenvalue weighted by Crippen LogP contribution is -2.52. The molecule has 2 heterocycles. The summed E-state index contributed by atoms with van der Waals surface area (Å²) in [6, 6.07) is 25.2. The second kappa shape index (κ2) is 8.48. The van der Waals surface area contributed by atoms with Crippen molar-refractivity contribution in [2.24, 2.45) is 0 Å². The summed E-state index contributed by atoms with van der Waals surface area (Å²) in [6.07, 6.45) is 2.70. The van der Waals surface area contributed by atoms with Gasteiger partial charge in [0.25, 0.3) is 0 Å². The van der Waals surface area contributed by atoms with Crippen molar-refractivity contribution in [2.45, 2.75) is 75.5 Å². The smallest absolute Gasteiger partial charge is 0.410 e. The summed E-state index contributed by atoms with van der Waals surface area (Å²) in [5, 5.41) is 11.8. The molecule has 3 aliphatic rings. The molecule has 0 aromatic heterocycles. The molecule has 6 rings (SSSR count). The minimum absolute atomic E-state index is 0.00249. The number of carbonyl (C=O) groups excluding carboxylic acids is 1. The average Bonchev–Trinajstić information content (AvgIpc) is 3.34. The van der Waals surface area contributed by atoms with Crippen LogP contribution < -0.4 is 0 Å². The van der Waals surface area contributed by atoms with Crippen molar-refractivity contribution in [2.75, 3.05) is 6.61 Å². The first-order chi connectivity index (χ1) is 17.2. The molecule has 2 unspecified atom stereocenters. The Morgan fingerprint density at radius 2 is 1.50 bits per heavy atom. The molecule has 0 spiro atoms. The summed E-state index contributed by atoms with van der Waals surface area (Å²) in [6.45, 7) is 6.92. The topological polar surface area (TPSA) is 49.8 Å². The van der Waals surface area contributed by atoms with Crippen LogP contribution in [-0.2, 0) is 15.8 Å². The number of aliphatic hydroxyl groups is 1. The SMILES string of the molecule is CC(C)(C)c1cccc(C2(O)CC3CCC(C2)N3C(=O)OCC2c3ccccc3-c3ccccc32)c1. The molecular weight excluding hydrogens is 446 g/mol. The summed E-state index contributed by atoms with van der Waals surface area (Å²) in [7, 11) is 0. The third-order valence-corrected chi connectivity index (χ3v) is 8.58. The highest BCUT2D eigenvalue weighted by Gasteiger charge is 2.51. The third-order valence-electron chi connectivity index (χ3n) is 8.58. The Bertz CT molecular complexity index is 1250. The van der Waals surface area contributed by atoms with Crippen LogP contribution >= 0.6 is 0 Å². The van der Waals surface area contributed by atoms with E-state index < -0.39 is 5.60 Å². The van der Waals surface area contributed by atoms with Gasteiger partial charge in [-0.15, -0.1) is 0 Å². The Morgan fingerprint density at radius 1 is 0.917 bits per heavy atom. The first-order valence-electron chi connectivity index (χ1n) is 13.2. The highest BCUT2D eigenvalue weighted by atomic mass is 16.6. The maximum atomic E-state index is 13.4. The highest BCUT2D eigenvalue weighted by Crippen LogP contribution is 2.47. The van der Waals surface area contributed by atoms with E-state index in [9.17, 15) is 9.90 Å². The minimum atomic E-state index is -0.910. The molecule has 1 amide bonds. The maximum absolute atomic E-state index is 13.4. The highest BCUT2D eigenvalue weighted by molar-refractivity contribution is 5.79. The van der Waals surface area contributed by atoms with Gasteiger partial charge in [0.2, 0.25) is 0 Å². The number of hydrogen-bond donors (Lipinski definition) is 1. The van der Waals surface area contributed by atoms with Crippen LogP contribution in [0.15, 0.2) is 72.8 Å². The van der Waals surface area contributed by atoms with Crippen LogP contribution in [0.1, 0.15) is 74.6 Å². The second-order valence-corrected chi connectivity index (χ2v) is 11.9. The molecule has 4 heteroatoms. The summed E-state index contributed by atoms with van der Waals surface area (Å²) >= 11 is 0. The van der Waals surface area contributed by atoms with Crippen molar-refractivity contribution >= 4 is 6.09 Å². The Labute approximate surface area is 213 Å². The van der Waals surface area contributed by atoms with E-state index >= 15 is 0 Å². The summed E-state index contributed by atoms with van der Waals surface area (Å²) in [5.74, 6) is 0.0564. The van der Waals surface area contributed by atoms with Crippen LogP contribution in [0.4, 0.5) is 4.79 Å². The van der Waals surface area contributed by atoms with E-state index in [4.69, 9.17) is 4.74 Å². The Balaban J connectivity index is 1.18. The first kappa shape index (κ1) is 23.3. The fourth-order valence-corrected chi connectivity index (χ4v) is 6.70. The number of rotatable bonds is 3. The molecule has 2 bridgehead atoms. The molecule has 1 N–H and O–H groups in total. The fourth-order valence-electron chi connectivity index (χ4n) is 6.70. The van der Waals surface area contributed by atoms with E-state index in [1.807, 2.05) is 17.0 Å². The lowest BCUT2D eigenvalue weighted by Gasteiger charge is -2.43. The van der Waals surface area contributed by atoms with Gasteiger partial charge < -0.3 is 14.7 Å². The number of fused-ring (bicyclic) bond motifs is 5. The van der Waals surface area contributed by atoms with Crippen LogP contribution in [-0.4, -0.2) is 34.8 Å². The van der Waals surface area contributed by atoms with Crippen LogP contribution in [0.5, 0.6) is 0 Å². The largest absolute Gasteiger partial charge is 0.448 e. The molecule has 186 valence electrons. The lowest BCUT2D eigenvalue weighted by atomic mass is 9.78. The molecule has 4 nitrogen and oxygen atoms in total. The zero-order chi connectivity index (χ0) is 25.1. The van der Waals surface area contributed by atoms with Crippen LogP contribution in [0.25, 0.3) is 11.1 Å². The van der Waals surface area contributed by atoms with E-state index in [0.717, 1.165) is 18.4 Å². The molecule has 3 aromatic rings. The molecule has 2 atom stereocenters. The fraction of sp³-hybridized carbons (Fsp3) is 0.406. The summed E-state index contributed by atoms with van der Waals surface area (Å²) in [4.78, 5) is 15.3. The molecule has 0 radical (unpaired) electrons. The average molecular weight is 482 g/mol. The standard InChI is InChI=1S/C32H35NO3/c1-31(2,3)21-9-8-10-22(17-21)32(35)18-23-15-16-24(19-32)33(23)30(34)36-20-29-27-13-6-4-11-25(27)26-12-5-7-14-28(26)29/h4-14,17,23-24,29,35H,15-16,18-20H2,1-3H3. The lowest BCUT2D eigenvalue weighted by molar-refractivity contribution is -0.0531. The van der Waals surface area contributed by atoms with E-state index in [2.05, 4.69) is 81.4 Å². The Kier molecular flexibility index (Phi) is 5.49. The third kappa shape index (κ3) is 3.83. The molecule has 1 aliphatic carbocycles. The van der Waals surface area contributed by atoms with Crippen molar-refractivity contribution < 1.29 is 14.6 Å². The van der Waals surface area contributed by atoms with Gasteiger partial charge in [-0.2, -0.15) is 0 Å². The van der Waals surface area contributed by atoms with Crippen molar-refractivity contribution in [1.82, 2.24) is 4.90 Å².